The molecule has 2 fully saturated rings. The molecule has 2 amide bonds. The van der Waals surface area contributed by atoms with Gasteiger partial charge in [0.1, 0.15) is 29.9 Å². The van der Waals surface area contributed by atoms with E-state index in [9.17, 15) is 9.59 Å². The number of H-pyrrole nitrogens is 1. The van der Waals surface area contributed by atoms with Crippen LogP contribution in [0.25, 0.3) is 22.3 Å². The molecular weight excluding hydrogens is 458 g/mol. The lowest BCUT2D eigenvalue weighted by molar-refractivity contribution is -0.134. The van der Waals surface area contributed by atoms with Crippen LogP contribution in [0.2, 0.25) is 0 Å². The molecule has 0 spiro atoms. The number of hydrogen-bond donors (Lipinski definition) is 2. The molecule has 36 heavy (non-hydrogen) atoms. The lowest BCUT2D eigenvalue weighted by Crippen LogP contribution is -2.41. The van der Waals surface area contributed by atoms with Gasteiger partial charge in [0.05, 0.1) is 23.7 Å². The summed E-state index contributed by atoms with van der Waals surface area (Å²) >= 11 is 0. The Kier molecular flexibility index (Phi) is 6.66. The van der Waals surface area contributed by atoms with Crippen molar-refractivity contribution in [2.75, 3.05) is 33.4 Å². The van der Waals surface area contributed by atoms with E-state index in [2.05, 4.69) is 26.3 Å². The third kappa shape index (κ3) is 4.80. The summed E-state index contributed by atoms with van der Waals surface area (Å²) < 4.78 is 11.1. The van der Waals surface area contributed by atoms with Gasteiger partial charge in [-0.1, -0.05) is 18.6 Å². The maximum absolute atomic E-state index is 13.5. The van der Waals surface area contributed by atoms with Crippen LogP contribution in [0.15, 0.2) is 24.5 Å². The molecule has 9 nitrogen and oxygen atoms in total. The summed E-state index contributed by atoms with van der Waals surface area (Å²) in [6.45, 7) is 7.73. The summed E-state index contributed by atoms with van der Waals surface area (Å²) in [5.74, 6) is 1.26. The van der Waals surface area contributed by atoms with Crippen LogP contribution in [-0.2, 0) is 9.53 Å². The largest absolute Gasteiger partial charge is 0.493 e. The van der Waals surface area contributed by atoms with Gasteiger partial charge in [-0.05, 0) is 50.7 Å². The Morgan fingerprint density at radius 2 is 2.00 bits per heavy atom. The Morgan fingerprint density at radius 3 is 2.75 bits per heavy atom. The first kappa shape index (κ1) is 24.2. The zero-order valence-corrected chi connectivity index (χ0v) is 21.3. The average molecular weight is 492 g/mol. The summed E-state index contributed by atoms with van der Waals surface area (Å²) in [4.78, 5) is 39.9. The number of likely N-dealkylation sites (tertiary alicyclic amines) is 1. The molecule has 3 aromatic rings. The number of fused-ring (bicyclic) bond motifs is 1. The van der Waals surface area contributed by atoms with Gasteiger partial charge in [0, 0.05) is 31.5 Å². The normalized spacial score (nSPS) is 19.6. The fourth-order valence-electron chi connectivity index (χ4n) is 4.86. The first-order chi connectivity index (χ1) is 17.4. The molecule has 1 aliphatic carbocycles. The second kappa shape index (κ2) is 9.89. The van der Waals surface area contributed by atoms with Gasteiger partial charge < -0.3 is 24.7 Å². The topological polar surface area (TPSA) is 109 Å². The Morgan fingerprint density at radius 1 is 1.19 bits per heavy atom. The van der Waals surface area contributed by atoms with Gasteiger partial charge in [-0.3, -0.25) is 9.59 Å². The Bertz CT molecular complexity index is 1300. The highest BCUT2D eigenvalue weighted by Crippen LogP contribution is 2.37. The van der Waals surface area contributed by atoms with Gasteiger partial charge in [-0.25, -0.2) is 9.97 Å². The average Bonchev–Trinajstić information content (AvgIpc) is 3.51. The van der Waals surface area contributed by atoms with E-state index in [4.69, 9.17) is 9.47 Å². The minimum Gasteiger partial charge on any atom is -0.493 e. The minimum atomic E-state index is -0.212. The molecule has 0 radical (unpaired) electrons. The van der Waals surface area contributed by atoms with Crippen LogP contribution in [0.1, 0.15) is 41.4 Å². The highest BCUT2D eigenvalue weighted by Gasteiger charge is 2.34. The zero-order valence-electron chi connectivity index (χ0n) is 21.3. The fourth-order valence-corrected chi connectivity index (χ4v) is 4.86. The number of methoxy groups -OCH3 is 1. The minimum absolute atomic E-state index is 0.0416. The van der Waals surface area contributed by atoms with E-state index >= 15 is 0 Å². The zero-order chi connectivity index (χ0) is 25.4. The monoisotopic (exact) mass is 491 g/mol. The number of carbonyl (C=O) groups is 2. The molecular formula is C27H33N5O4. The summed E-state index contributed by atoms with van der Waals surface area (Å²) in [5.41, 5.74) is 5.18. The van der Waals surface area contributed by atoms with Crippen molar-refractivity contribution in [3.05, 3.63) is 41.3 Å². The van der Waals surface area contributed by atoms with Crippen molar-refractivity contribution in [3.63, 3.8) is 0 Å². The van der Waals surface area contributed by atoms with Crippen molar-refractivity contribution in [1.82, 2.24) is 25.2 Å². The number of benzene rings is 1. The highest BCUT2D eigenvalue weighted by atomic mass is 16.5. The van der Waals surface area contributed by atoms with Crippen LogP contribution in [-0.4, -0.2) is 71.1 Å². The van der Waals surface area contributed by atoms with Crippen molar-refractivity contribution in [3.8, 4) is 17.0 Å². The molecule has 5 rings (SSSR count). The van der Waals surface area contributed by atoms with Crippen molar-refractivity contribution in [1.29, 1.82) is 0 Å². The molecule has 2 aromatic heterocycles. The number of nitrogens with zero attached hydrogens (tertiary/aromatic N) is 3. The number of rotatable bonds is 8. The van der Waals surface area contributed by atoms with Crippen molar-refractivity contribution in [2.45, 2.75) is 39.7 Å². The van der Waals surface area contributed by atoms with Gasteiger partial charge in [0.25, 0.3) is 5.91 Å². The lowest BCUT2D eigenvalue weighted by atomic mass is 10.0. The van der Waals surface area contributed by atoms with Crippen LogP contribution in [0.3, 0.4) is 0 Å². The van der Waals surface area contributed by atoms with Crippen LogP contribution in [0.5, 0.6) is 5.75 Å². The molecule has 2 aliphatic rings. The number of carbonyl (C=O) groups excluding carboxylic acids is 2. The van der Waals surface area contributed by atoms with E-state index in [-0.39, 0.29) is 30.4 Å². The first-order valence-electron chi connectivity index (χ1n) is 12.5. The molecule has 1 aliphatic heterocycles. The molecule has 2 atom stereocenters. The second-order valence-electron chi connectivity index (χ2n) is 10.1. The number of aromatic amines is 1. The van der Waals surface area contributed by atoms with Crippen molar-refractivity contribution < 1.29 is 19.1 Å². The number of ether oxygens (including phenoxy) is 2. The number of aromatic nitrogens is 3. The lowest BCUT2D eigenvalue weighted by Gasteiger charge is -2.17. The molecule has 2 N–H and O–H groups in total. The molecule has 0 unspecified atom stereocenters. The van der Waals surface area contributed by atoms with Crippen LogP contribution in [0, 0.1) is 25.7 Å². The van der Waals surface area contributed by atoms with E-state index < -0.39 is 0 Å². The third-order valence-electron chi connectivity index (χ3n) is 7.11. The Labute approximate surface area is 210 Å². The third-order valence-corrected chi connectivity index (χ3v) is 7.11. The molecule has 190 valence electrons. The molecule has 1 aromatic carbocycles. The summed E-state index contributed by atoms with van der Waals surface area (Å²) in [7, 11) is 1.51. The van der Waals surface area contributed by atoms with E-state index in [1.54, 1.807) is 4.90 Å². The fraction of sp³-hybridized carbons (Fsp3) is 0.481. The summed E-state index contributed by atoms with van der Waals surface area (Å²) in [5, 5.41) is 3.13. The van der Waals surface area contributed by atoms with Crippen molar-refractivity contribution in [2.24, 2.45) is 11.8 Å². The maximum atomic E-state index is 13.5. The van der Waals surface area contributed by atoms with Gasteiger partial charge in [0.15, 0.2) is 0 Å². The van der Waals surface area contributed by atoms with E-state index in [0.717, 1.165) is 22.6 Å². The molecule has 0 bridgehead atoms. The van der Waals surface area contributed by atoms with Crippen LogP contribution < -0.4 is 10.1 Å². The molecule has 1 saturated carbocycles. The maximum Gasteiger partial charge on any atom is 0.255 e. The standard InChI is InChI=1S/C27H33N5O4/c1-15-5-8-21(36-12-18-6-7-18)19(9-15)24-26-25(29-14-28-24)23(17(3)30-26)27(34)31-20-11-32(10-16(20)2)22(33)13-35-4/h5,8-9,14,16,18,20,30H,6-7,10-13H2,1-4H3,(H,31,34)/t16-,20-/m1/s1. The van der Waals surface area contributed by atoms with Gasteiger partial charge >= 0.3 is 0 Å². The van der Waals surface area contributed by atoms with E-state index in [1.165, 1.54) is 26.3 Å². The smallest absolute Gasteiger partial charge is 0.255 e. The Balaban J connectivity index is 1.43. The predicted octanol–water partition coefficient (Wildman–Crippen LogP) is 3.25. The second-order valence-corrected chi connectivity index (χ2v) is 10.1. The number of amides is 2. The van der Waals surface area contributed by atoms with Gasteiger partial charge in [-0.2, -0.15) is 0 Å². The molecule has 1 saturated heterocycles. The summed E-state index contributed by atoms with van der Waals surface area (Å²) in [6, 6.07) is 5.93. The first-order valence-corrected chi connectivity index (χ1v) is 12.5. The van der Waals surface area contributed by atoms with Gasteiger partial charge in [-0.15, -0.1) is 0 Å². The Hall–Kier alpha value is -3.46. The number of nitrogens with one attached hydrogen (secondary N) is 2. The number of hydrogen-bond acceptors (Lipinski definition) is 6. The molecule has 9 heteroatoms. The van der Waals surface area contributed by atoms with Crippen LogP contribution >= 0.6 is 0 Å². The highest BCUT2D eigenvalue weighted by molar-refractivity contribution is 6.09. The van der Waals surface area contributed by atoms with Gasteiger partial charge in [0.2, 0.25) is 5.91 Å². The quantitative estimate of drug-likeness (QED) is 0.501. The SMILES string of the molecule is COCC(=O)N1C[C@@H](C)[C@H](NC(=O)c2c(C)[nH]c3c(-c4cc(C)ccc4OCC4CC4)ncnc23)C1. The van der Waals surface area contributed by atoms with E-state index in [0.29, 0.717) is 47.9 Å². The van der Waals surface area contributed by atoms with Crippen LogP contribution in [0.4, 0.5) is 0 Å². The number of aryl methyl sites for hydroxylation is 2. The predicted molar refractivity (Wildman–Crippen MR) is 136 cm³/mol. The van der Waals surface area contributed by atoms with E-state index in [1.807, 2.05) is 32.9 Å². The van der Waals surface area contributed by atoms with Crippen molar-refractivity contribution >= 4 is 22.8 Å². The molecule has 3 heterocycles. The summed E-state index contributed by atoms with van der Waals surface area (Å²) in [6.07, 6.45) is 3.92.